The first-order chi connectivity index (χ1) is 17.7. The number of nitrogens with zero attached hydrogens (tertiary/aromatic N) is 1. The van der Waals surface area contributed by atoms with Crippen molar-refractivity contribution in [2.75, 3.05) is 39.8 Å². The first kappa shape index (κ1) is 26.4. The van der Waals surface area contributed by atoms with Gasteiger partial charge in [0, 0.05) is 12.2 Å². The minimum absolute atomic E-state index is 0.202. The van der Waals surface area contributed by atoms with Crippen molar-refractivity contribution in [1.82, 2.24) is 4.90 Å². The van der Waals surface area contributed by atoms with E-state index in [4.69, 9.17) is 31.2 Å². The number of ether oxygens (including phenoxy) is 4. The average Bonchev–Trinajstić information content (AvgIpc) is 2.90. The van der Waals surface area contributed by atoms with Gasteiger partial charge in [-0.05, 0) is 72.2 Å². The fourth-order valence-electron chi connectivity index (χ4n) is 4.33. The summed E-state index contributed by atoms with van der Waals surface area (Å²) in [7, 11) is 4.70. The molecule has 196 valence electrons. The summed E-state index contributed by atoms with van der Waals surface area (Å²) < 4.78 is 62.3. The lowest BCUT2D eigenvalue weighted by atomic mass is 9.92. The Morgan fingerprint density at radius 2 is 1.59 bits per heavy atom. The number of thiocarbonyl (C=S) groups is 1. The van der Waals surface area contributed by atoms with E-state index in [-0.39, 0.29) is 23.4 Å². The number of anilines is 1. The molecular weight excluding hydrogens is 505 g/mol. The number of halogens is 3. The Labute approximate surface area is 218 Å². The highest BCUT2D eigenvalue weighted by molar-refractivity contribution is 7.80. The van der Waals surface area contributed by atoms with Crippen LogP contribution in [0.15, 0.2) is 60.7 Å². The van der Waals surface area contributed by atoms with Gasteiger partial charge in [-0.25, -0.2) is 0 Å². The van der Waals surface area contributed by atoms with E-state index < -0.39 is 11.7 Å². The van der Waals surface area contributed by atoms with Crippen LogP contribution >= 0.6 is 12.2 Å². The van der Waals surface area contributed by atoms with Crippen LogP contribution in [0.1, 0.15) is 22.7 Å². The summed E-state index contributed by atoms with van der Waals surface area (Å²) in [5, 5.41) is 3.26. The highest BCUT2D eigenvalue weighted by atomic mass is 32.1. The monoisotopic (exact) mass is 532 g/mol. The quantitative estimate of drug-likeness (QED) is 0.369. The van der Waals surface area contributed by atoms with Gasteiger partial charge in [0.1, 0.15) is 6.61 Å². The van der Waals surface area contributed by atoms with Gasteiger partial charge < -0.3 is 29.2 Å². The molecule has 0 saturated carbocycles. The number of alkyl halides is 3. The molecular formula is C27H27F3N2O4S. The summed E-state index contributed by atoms with van der Waals surface area (Å²) in [6, 6.07) is 15.7. The van der Waals surface area contributed by atoms with Gasteiger partial charge in [0.15, 0.2) is 28.1 Å². The van der Waals surface area contributed by atoms with Gasteiger partial charge in [-0.3, -0.25) is 0 Å². The summed E-state index contributed by atoms with van der Waals surface area (Å²) in [5.74, 6) is 2.32. The SMILES string of the molecule is COc1cc2c(cc1OC)C(COc1ccccc1OC)N(C(=S)Nc1cccc(C(F)(F)F)c1)CC2. The molecule has 0 fully saturated rings. The third-order valence-corrected chi connectivity index (χ3v) is 6.51. The molecule has 0 saturated heterocycles. The van der Waals surface area contributed by atoms with Crippen LogP contribution in [0.5, 0.6) is 23.0 Å². The first-order valence-corrected chi connectivity index (χ1v) is 11.9. The van der Waals surface area contributed by atoms with E-state index in [0.717, 1.165) is 23.3 Å². The van der Waals surface area contributed by atoms with Crippen molar-refractivity contribution < 1.29 is 32.1 Å². The van der Waals surface area contributed by atoms with Crippen LogP contribution in [0.4, 0.5) is 18.9 Å². The Kier molecular flexibility index (Phi) is 7.97. The van der Waals surface area contributed by atoms with Gasteiger partial charge >= 0.3 is 6.18 Å². The molecule has 1 aliphatic rings. The molecule has 1 atom stereocenters. The first-order valence-electron chi connectivity index (χ1n) is 11.5. The Bertz CT molecular complexity index is 1270. The van der Waals surface area contributed by atoms with Gasteiger partial charge in [0.25, 0.3) is 0 Å². The predicted octanol–water partition coefficient (Wildman–Crippen LogP) is 6.11. The van der Waals surface area contributed by atoms with Crippen molar-refractivity contribution in [2.45, 2.75) is 18.6 Å². The molecule has 0 bridgehead atoms. The molecule has 0 aromatic heterocycles. The number of fused-ring (bicyclic) bond motifs is 1. The molecule has 0 amide bonds. The lowest BCUT2D eigenvalue weighted by Gasteiger charge is -2.39. The third-order valence-electron chi connectivity index (χ3n) is 6.17. The van der Waals surface area contributed by atoms with E-state index >= 15 is 0 Å². The Morgan fingerprint density at radius 1 is 0.919 bits per heavy atom. The topological polar surface area (TPSA) is 52.2 Å². The van der Waals surface area contributed by atoms with Crippen LogP contribution in [-0.4, -0.2) is 44.5 Å². The van der Waals surface area contributed by atoms with Crippen LogP contribution in [0.2, 0.25) is 0 Å². The molecule has 1 heterocycles. The zero-order chi connectivity index (χ0) is 26.6. The molecule has 1 unspecified atom stereocenters. The standard InChI is InChI=1S/C27H27F3N2O4S/c1-33-22-9-4-5-10-23(22)36-16-21-20-15-25(35-3)24(34-2)13-17(20)11-12-32(21)26(37)31-19-8-6-7-18(14-19)27(28,29)30/h4-10,13-15,21H,11-12,16H2,1-3H3,(H,31,37). The van der Waals surface area contributed by atoms with Crippen LogP contribution < -0.4 is 24.3 Å². The lowest BCUT2D eigenvalue weighted by Crippen LogP contribution is -2.44. The minimum Gasteiger partial charge on any atom is -0.493 e. The second-order valence-electron chi connectivity index (χ2n) is 8.34. The van der Waals surface area contributed by atoms with Crippen molar-refractivity contribution in [2.24, 2.45) is 0 Å². The Morgan fingerprint density at radius 3 is 2.27 bits per heavy atom. The van der Waals surface area contributed by atoms with Gasteiger partial charge in [0.2, 0.25) is 0 Å². The van der Waals surface area contributed by atoms with Crippen LogP contribution in [-0.2, 0) is 12.6 Å². The van der Waals surface area contributed by atoms with E-state index in [0.29, 0.717) is 36.0 Å². The lowest BCUT2D eigenvalue weighted by molar-refractivity contribution is -0.137. The van der Waals surface area contributed by atoms with Crippen molar-refractivity contribution >= 4 is 23.0 Å². The summed E-state index contributed by atoms with van der Waals surface area (Å²) in [5.41, 5.74) is 1.47. The second kappa shape index (κ2) is 11.2. The zero-order valence-electron chi connectivity index (χ0n) is 20.6. The van der Waals surface area contributed by atoms with Crippen LogP contribution in [0.3, 0.4) is 0 Å². The van der Waals surface area contributed by atoms with E-state index in [1.165, 1.54) is 6.07 Å². The normalized spacial score (nSPS) is 15.0. The average molecular weight is 533 g/mol. The molecule has 0 spiro atoms. The van der Waals surface area contributed by atoms with E-state index in [1.807, 2.05) is 29.2 Å². The molecule has 0 aliphatic carbocycles. The Balaban J connectivity index is 1.66. The largest absolute Gasteiger partial charge is 0.493 e. The number of hydrogen-bond acceptors (Lipinski definition) is 5. The number of nitrogens with one attached hydrogen (secondary N) is 1. The van der Waals surface area contributed by atoms with Crippen molar-refractivity contribution in [1.29, 1.82) is 0 Å². The smallest absolute Gasteiger partial charge is 0.416 e. The van der Waals surface area contributed by atoms with Gasteiger partial charge in [0.05, 0.1) is 32.9 Å². The van der Waals surface area contributed by atoms with Gasteiger partial charge in [-0.1, -0.05) is 18.2 Å². The summed E-state index contributed by atoms with van der Waals surface area (Å²) in [6.07, 6.45) is -3.81. The van der Waals surface area contributed by atoms with Crippen molar-refractivity contribution in [3.8, 4) is 23.0 Å². The number of methoxy groups -OCH3 is 3. The predicted molar refractivity (Wildman–Crippen MR) is 139 cm³/mol. The minimum atomic E-state index is -4.45. The molecule has 4 rings (SSSR count). The molecule has 3 aromatic rings. The molecule has 37 heavy (non-hydrogen) atoms. The summed E-state index contributed by atoms with van der Waals surface area (Å²) in [6.45, 7) is 0.723. The van der Waals surface area contributed by atoms with Gasteiger partial charge in [-0.2, -0.15) is 13.2 Å². The summed E-state index contributed by atoms with van der Waals surface area (Å²) in [4.78, 5) is 1.92. The van der Waals surface area contributed by atoms with Crippen LogP contribution in [0, 0.1) is 0 Å². The Hall–Kier alpha value is -3.66. The summed E-state index contributed by atoms with van der Waals surface area (Å²) >= 11 is 5.69. The number of para-hydroxylation sites is 2. The molecule has 3 aromatic carbocycles. The molecule has 10 heteroatoms. The maximum absolute atomic E-state index is 13.2. The molecule has 1 aliphatic heterocycles. The second-order valence-corrected chi connectivity index (χ2v) is 8.72. The van der Waals surface area contributed by atoms with Crippen LogP contribution in [0.25, 0.3) is 0 Å². The fraction of sp³-hybridized carbons (Fsp3) is 0.296. The van der Waals surface area contributed by atoms with Crippen molar-refractivity contribution in [3.63, 3.8) is 0 Å². The van der Waals surface area contributed by atoms with Crippen molar-refractivity contribution in [3.05, 3.63) is 77.4 Å². The molecule has 1 N–H and O–H groups in total. The maximum atomic E-state index is 13.2. The maximum Gasteiger partial charge on any atom is 0.416 e. The zero-order valence-corrected chi connectivity index (χ0v) is 21.4. The van der Waals surface area contributed by atoms with E-state index in [2.05, 4.69) is 5.32 Å². The highest BCUT2D eigenvalue weighted by Gasteiger charge is 2.33. The number of rotatable bonds is 7. The molecule has 0 radical (unpaired) electrons. The third kappa shape index (κ3) is 5.85. The fourth-order valence-corrected chi connectivity index (χ4v) is 4.66. The molecule has 6 nitrogen and oxygen atoms in total. The highest BCUT2D eigenvalue weighted by Crippen LogP contribution is 2.39. The van der Waals surface area contributed by atoms with Gasteiger partial charge in [-0.15, -0.1) is 0 Å². The number of benzene rings is 3. The van der Waals surface area contributed by atoms with E-state index in [9.17, 15) is 13.2 Å². The number of hydrogen-bond donors (Lipinski definition) is 1. The van der Waals surface area contributed by atoms with E-state index in [1.54, 1.807) is 39.5 Å².